The Morgan fingerprint density at radius 3 is 2.77 bits per heavy atom. The van der Waals surface area contributed by atoms with Gasteiger partial charge in [0, 0.05) is 19.2 Å². The van der Waals surface area contributed by atoms with Crippen LogP contribution in [0.5, 0.6) is 5.75 Å². The molecule has 0 atom stereocenters. The minimum atomic E-state index is -3.42. The quantitative estimate of drug-likeness (QED) is 0.362. The van der Waals surface area contributed by atoms with E-state index >= 15 is 0 Å². The first kappa shape index (κ1) is 20.2. The minimum Gasteiger partial charge on any atom is -0.423 e. The number of aliphatic hydroxyl groups excluding tert-OH is 1. The molecule has 8 nitrogen and oxygen atoms in total. The van der Waals surface area contributed by atoms with Gasteiger partial charge in [-0.15, -0.1) is 0 Å². The van der Waals surface area contributed by atoms with Crippen LogP contribution in [0.25, 0.3) is 0 Å². The second-order valence-corrected chi connectivity index (χ2v) is 8.28. The van der Waals surface area contributed by atoms with Crippen LogP contribution in [0.4, 0.5) is 5.69 Å². The van der Waals surface area contributed by atoms with Gasteiger partial charge >= 0.3 is 5.97 Å². The first-order valence-corrected chi connectivity index (χ1v) is 10.2. The van der Waals surface area contributed by atoms with Gasteiger partial charge in [-0.25, -0.2) is 13.2 Å². The van der Waals surface area contributed by atoms with Crippen LogP contribution in [0.1, 0.15) is 26.2 Å². The van der Waals surface area contributed by atoms with Crippen LogP contribution in [0.2, 0.25) is 0 Å². The molecule has 0 aliphatic carbocycles. The average molecular weight is 384 g/mol. The summed E-state index contributed by atoms with van der Waals surface area (Å²) >= 11 is 0. The fourth-order valence-electron chi connectivity index (χ4n) is 2.61. The summed E-state index contributed by atoms with van der Waals surface area (Å²) in [5.74, 6) is -0.687. The van der Waals surface area contributed by atoms with Crippen molar-refractivity contribution in [2.75, 3.05) is 36.9 Å². The van der Waals surface area contributed by atoms with Gasteiger partial charge in [0.15, 0.2) is 15.6 Å². The molecular formula is C17H24N2O6S. The summed E-state index contributed by atoms with van der Waals surface area (Å²) in [6.07, 6.45) is 2.29. The molecule has 2 N–H and O–H groups in total. The first-order chi connectivity index (χ1) is 12.4. The number of amides is 1. The van der Waals surface area contributed by atoms with Crippen molar-refractivity contribution >= 4 is 27.4 Å². The molecule has 0 radical (unpaired) electrons. The Morgan fingerprint density at radius 2 is 2.08 bits per heavy atom. The molecule has 2 rings (SSSR count). The van der Waals surface area contributed by atoms with E-state index in [4.69, 9.17) is 9.84 Å². The number of anilines is 1. The second kappa shape index (κ2) is 9.00. The lowest BCUT2D eigenvalue weighted by Crippen LogP contribution is -2.43. The van der Waals surface area contributed by atoms with Crippen molar-refractivity contribution in [3.63, 3.8) is 0 Å². The van der Waals surface area contributed by atoms with Crippen molar-refractivity contribution in [1.82, 2.24) is 5.32 Å². The zero-order valence-corrected chi connectivity index (χ0v) is 15.5. The number of nitrogens with one attached hydrogen (secondary N) is 1. The van der Waals surface area contributed by atoms with Crippen molar-refractivity contribution in [1.29, 1.82) is 0 Å². The maximum atomic E-state index is 12.1. The molecule has 144 valence electrons. The first-order valence-electron chi connectivity index (χ1n) is 8.57. The monoisotopic (exact) mass is 384 g/mol. The number of carbonyl (C=O) groups excluding carboxylic acids is 2. The van der Waals surface area contributed by atoms with Gasteiger partial charge in [-0.1, -0.05) is 6.92 Å². The standard InChI is InChI=1S/C17H24N2O6S/c1-2-26(23,24)13-6-7-14-15(10-13)25-17(22)12-19(14)11-16(21)18-8-4-3-5-9-20/h6-7,10,20H,2-5,8-9,11-12H2,1H3,(H,18,21). The predicted octanol–water partition coefficient (Wildman–Crippen LogP) is 0.484. The largest absolute Gasteiger partial charge is 0.423 e. The van der Waals surface area contributed by atoms with Crippen molar-refractivity contribution < 1.29 is 27.9 Å². The number of unbranched alkanes of at least 4 members (excludes halogenated alkanes) is 2. The molecule has 0 saturated carbocycles. The van der Waals surface area contributed by atoms with Gasteiger partial charge in [-0.05, 0) is 31.4 Å². The van der Waals surface area contributed by atoms with E-state index in [0.717, 1.165) is 12.8 Å². The number of hydrogen-bond donors (Lipinski definition) is 2. The van der Waals surface area contributed by atoms with Gasteiger partial charge in [-0.2, -0.15) is 0 Å². The number of fused-ring (bicyclic) bond motifs is 1. The predicted molar refractivity (Wildman–Crippen MR) is 96.0 cm³/mol. The second-order valence-electron chi connectivity index (χ2n) is 6.00. The fourth-order valence-corrected chi connectivity index (χ4v) is 3.50. The number of benzene rings is 1. The van der Waals surface area contributed by atoms with Gasteiger partial charge < -0.3 is 20.1 Å². The summed E-state index contributed by atoms with van der Waals surface area (Å²) in [6.45, 7) is 2.07. The minimum absolute atomic E-state index is 0.0258. The van der Waals surface area contributed by atoms with Gasteiger partial charge in [0.05, 0.1) is 22.9 Å². The van der Waals surface area contributed by atoms with Gasteiger partial charge in [-0.3, -0.25) is 4.79 Å². The third kappa shape index (κ3) is 5.18. The number of ether oxygens (including phenoxy) is 1. The summed E-state index contributed by atoms with van der Waals surface area (Å²) in [6, 6.07) is 4.33. The summed E-state index contributed by atoms with van der Waals surface area (Å²) in [5.41, 5.74) is 0.509. The van der Waals surface area contributed by atoms with Crippen LogP contribution < -0.4 is 15.0 Å². The maximum Gasteiger partial charge on any atom is 0.331 e. The Labute approximate surface area is 153 Å². The molecule has 1 aromatic rings. The number of nitrogens with zero attached hydrogens (tertiary/aromatic N) is 1. The molecular weight excluding hydrogens is 360 g/mol. The Hall–Kier alpha value is -2.13. The maximum absolute atomic E-state index is 12.1. The Morgan fingerprint density at radius 1 is 1.31 bits per heavy atom. The normalized spacial score (nSPS) is 13.9. The molecule has 1 amide bonds. The van der Waals surface area contributed by atoms with Crippen molar-refractivity contribution in [3.8, 4) is 5.75 Å². The van der Waals surface area contributed by atoms with E-state index in [9.17, 15) is 18.0 Å². The molecule has 1 aliphatic heterocycles. The number of rotatable bonds is 9. The van der Waals surface area contributed by atoms with Crippen molar-refractivity contribution in [2.45, 2.75) is 31.1 Å². The third-order valence-corrected chi connectivity index (χ3v) is 5.78. The van der Waals surface area contributed by atoms with Crippen molar-refractivity contribution in [2.24, 2.45) is 0 Å². The van der Waals surface area contributed by atoms with Gasteiger partial charge in [0.2, 0.25) is 5.91 Å². The van der Waals surface area contributed by atoms with E-state index in [1.807, 2.05) is 0 Å². The van der Waals surface area contributed by atoms with E-state index in [1.165, 1.54) is 19.1 Å². The lowest BCUT2D eigenvalue weighted by atomic mass is 10.2. The fraction of sp³-hybridized carbons (Fsp3) is 0.529. The van der Waals surface area contributed by atoms with Crippen LogP contribution in [0, 0.1) is 0 Å². The SMILES string of the molecule is CCS(=O)(=O)c1ccc2c(c1)OC(=O)CN2CC(=O)NCCCCCO. The lowest BCUT2D eigenvalue weighted by Gasteiger charge is -2.29. The molecule has 26 heavy (non-hydrogen) atoms. The summed E-state index contributed by atoms with van der Waals surface area (Å²) < 4.78 is 29.1. The van der Waals surface area contributed by atoms with Gasteiger partial charge in [0.1, 0.15) is 6.54 Å². The number of hydrogen-bond acceptors (Lipinski definition) is 7. The lowest BCUT2D eigenvalue weighted by molar-refractivity contribution is -0.133. The van der Waals surface area contributed by atoms with Crippen LogP contribution in [-0.2, 0) is 19.4 Å². The van der Waals surface area contributed by atoms with Crippen LogP contribution >= 0.6 is 0 Å². The van der Waals surface area contributed by atoms with E-state index < -0.39 is 15.8 Å². The highest BCUT2D eigenvalue weighted by Gasteiger charge is 2.27. The van der Waals surface area contributed by atoms with E-state index in [-0.39, 0.29) is 42.0 Å². The molecule has 9 heteroatoms. The van der Waals surface area contributed by atoms with Crippen LogP contribution in [0.3, 0.4) is 0 Å². The highest BCUT2D eigenvalue weighted by atomic mass is 32.2. The average Bonchev–Trinajstić information content (AvgIpc) is 2.60. The van der Waals surface area contributed by atoms with Crippen LogP contribution in [0.15, 0.2) is 23.1 Å². The topological polar surface area (TPSA) is 113 Å². The van der Waals surface area contributed by atoms with Crippen molar-refractivity contribution in [3.05, 3.63) is 18.2 Å². The molecule has 0 spiro atoms. The van der Waals surface area contributed by atoms with E-state index in [0.29, 0.717) is 18.7 Å². The van der Waals surface area contributed by atoms with Gasteiger partial charge in [0.25, 0.3) is 0 Å². The molecule has 0 unspecified atom stereocenters. The Kier molecular flexibility index (Phi) is 6.98. The zero-order valence-electron chi connectivity index (χ0n) is 14.7. The molecule has 1 heterocycles. The smallest absolute Gasteiger partial charge is 0.331 e. The molecule has 0 fully saturated rings. The number of esters is 1. The molecule has 0 bridgehead atoms. The summed E-state index contributed by atoms with van der Waals surface area (Å²) in [4.78, 5) is 25.5. The molecule has 0 saturated heterocycles. The number of sulfone groups is 1. The summed E-state index contributed by atoms with van der Waals surface area (Å²) in [5, 5.41) is 11.5. The molecule has 0 aromatic heterocycles. The highest BCUT2D eigenvalue weighted by molar-refractivity contribution is 7.91. The van der Waals surface area contributed by atoms with E-state index in [1.54, 1.807) is 11.0 Å². The number of aliphatic hydroxyl groups is 1. The highest BCUT2D eigenvalue weighted by Crippen LogP contribution is 2.34. The number of carbonyl (C=O) groups is 2. The van der Waals surface area contributed by atoms with Crippen LogP contribution in [-0.4, -0.2) is 57.4 Å². The molecule has 1 aromatic carbocycles. The zero-order chi connectivity index (χ0) is 19.2. The molecule has 1 aliphatic rings. The Balaban J connectivity index is 2.06. The van der Waals surface area contributed by atoms with E-state index in [2.05, 4.69) is 5.32 Å². The third-order valence-electron chi connectivity index (χ3n) is 4.05. The Bertz CT molecular complexity index is 763. The summed E-state index contributed by atoms with van der Waals surface area (Å²) in [7, 11) is -3.42.